The third-order valence-electron chi connectivity index (χ3n) is 3.30. The second kappa shape index (κ2) is 7.06. The highest BCUT2D eigenvalue weighted by molar-refractivity contribution is 5.32. The Kier molecular flexibility index (Phi) is 5.14. The molecule has 2 aromatic rings. The number of aliphatic hydroxyl groups excluding tert-OH is 2. The first-order chi connectivity index (χ1) is 10.2. The molecule has 0 fully saturated rings. The highest BCUT2D eigenvalue weighted by Crippen LogP contribution is 2.16. The average Bonchev–Trinajstić information content (AvgIpc) is 2.52. The van der Waals surface area contributed by atoms with Crippen LogP contribution in [0.15, 0.2) is 39.5 Å². The van der Waals surface area contributed by atoms with Gasteiger partial charge in [-0.1, -0.05) is 18.2 Å². The average molecular weight is 290 g/mol. The van der Waals surface area contributed by atoms with Gasteiger partial charge in [-0.25, -0.2) is 4.79 Å². The zero-order valence-corrected chi connectivity index (χ0v) is 11.8. The summed E-state index contributed by atoms with van der Waals surface area (Å²) in [5, 5.41) is 18.4. The third kappa shape index (κ3) is 3.93. The second-order valence-corrected chi connectivity index (χ2v) is 4.70. The van der Waals surface area contributed by atoms with Crippen molar-refractivity contribution in [3.05, 3.63) is 63.2 Å². The topological polar surface area (TPSA) is 79.9 Å². The van der Waals surface area contributed by atoms with Gasteiger partial charge in [0.2, 0.25) is 0 Å². The van der Waals surface area contributed by atoms with Crippen molar-refractivity contribution in [2.75, 3.05) is 7.11 Å². The minimum absolute atomic E-state index is 0.0963. The molecule has 0 aliphatic rings. The van der Waals surface area contributed by atoms with Gasteiger partial charge in [0, 0.05) is 12.5 Å². The number of benzene rings is 1. The maximum Gasteiger partial charge on any atom is 0.339 e. The fourth-order valence-electron chi connectivity index (χ4n) is 2.15. The lowest BCUT2D eigenvalue weighted by Gasteiger charge is -2.08. The summed E-state index contributed by atoms with van der Waals surface area (Å²) in [6, 6.07) is 8.52. The lowest BCUT2D eigenvalue weighted by atomic mass is 10.0. The van der Waals surface area contributed by atoms with E-state index in [2.05, 4.69) is 0 Å². The van der Waals surface area contributed by atoms with Crippen LogP contribution in [-0.4, -0.2) is 17.3 Å². The first-order valence-corrected chi connectivity index (χ1v) is 6.66. The number of hydrogen-bond acceptors (Lipinski definition) is 5. The molecular formula is C16H18O5. The van der Waals surface area contributed by atoms with Crippen LogP contribution in [0.5, 0.6) is 5.75 Å². The van der Waals surface area contributed by atoms with E-state index in [0.29, 0.717) is 35.5 Å². The molecule has 0 aliphatic carbocycles. The molecule has 0 amide bonds. The van der Waals surface area contributed by atoms with E-state index in [0.717, 1.165) is 5.56 Å². The monoisotopic (exact) mass is 290 g/mol. The highest BCUT2D eigenvalue weighted by Gasteiger charge is 2.06. The molecule has 1 aromatic carbocycles. The maximum atomic E-state index is 11.4. The second-order valence-electron chi connectivity index (χ2n) is 4.70. The fraction of sp³-hybridized carbons (Fsp3) is 0.312. The molecular weight excluding hydrogens is 272 g/mol. The summed E-state index contributed by atoms with van der Waals surface area (Å²) < 4.78 is 10.2. The Balaban J connectivity index is 2.13. The lowest BCUT2D eigenvalue weighted by Crippen LogP contribution is -2.03. The Morgan fingerprint density at radius 1 is 1.05 bits per heavy atom. The molecule has 2 rings (SSSR count). The van der Waals surface area contributed by atoms with E-state index in [1.165, 1.54) is 13.2 Å². The molecule has 5 nitrogen and oxygen atoms in total. The van der Waals surface area contributed by atoms with E-state index in [1.54, 1.807) is 12.1 Å². The van der Waals surface area contributed by atoms with Gasteiger partial charge in [0.25, 0.3) is 0 Å². The van der Waals surface area contributed by atoms with Crippen molar-refractivity contribution < 1.29 is 19.4 Å². The largest absolute Gasteiger partial charge is 0.496 e. The minimum Gasteiger partial charge on any atom is -0.496 e. The zero-order valence-electron chi connectivity index (χ0n) is 11.8. The molecule has 0 saturated heterocycles. The first kappa shape index (κ1) is 15.3. The van der Waals surface area contributed by atoms with Crippen LogP contribution in [0.3, 0.4) is 0 Å². The Hall–Kier alpha value is -2.11. The SMILES string of the molecule is COc1cc(CCc2ccc(CO)c(CO)c2)oc(=O)c1. The number of hydrogen-bond donors (Lipinski definition) is 2. The van der Waals surface area contributed by atoms with Crippen molar-refractivity contribution in [1.29, 1.82) is 0 Å². The van der Waals surface area contributed by atoms with Crippen LogP contribution in [0, 0.1) is 0 Å². The van der Waals surface area contributed by atoms with Crippen LogP contribution in [0.25, 0.3) is 0 Å². The van der Waals surface area contributed by atoms with Crippen LogP contribution in [0.4, 0.5) is 0 Å². The van der Waals surface area contributed by atoms with Gasteiger partial charge in [-0.3, -0.25) is 0 Å². The summed E-state index contributed by atoms with van der Waals surface area (Å²) in [6.07, 6.45) is 1.21. The van der Waals surface area contributed by atoms with Crippen molar-refractivity contribution >= 4 is 0 Å². The molecule has 5 heteroatoms. The van der Waals surface area contributed by atoms with Gasteiger partial charge in [0.1, 0.15) is 11.5 Å². The minimum atomic E-state index is -0.434. The summed E-state index contributed by atoms with van der Waals surface area (Å²) in [6.45, 7) is -0.209. The Labute approximate surface area is 122 Å². The smallest absolute Gasteiger partial charge is 0.339 e. The molecule has 2 N–H and O–H groups in total. The number of rotatable bonds is 6. The predicted octanol–water partition coefficient (Wildman–Crippen LogP) is 1.42. The summed E-state index contributed by atoms with van der Waals surface area (Å²) in [5.41, 5.74) is 1.99. The van der Waals surface area contributed by atoms with Crippen LogP contribution in [-0.2, 0) is 26.1 Å². The van der Waals surface area contributed by atoms with E-state index < -0.39 is 5.63 Å². The van der Waals surface area contributed by atoms with Gasteiger partial charge >= 0.3 is 5.63 Å². The van der Waals surface area contributed by atoms with E-state index in [1.807, 2.05) is 12.1 Å². The summed E-state index contributed by atoms with van der Waals surface area (Å²) in [5.74, 6) is 1.03. The third-order valence-corrected chi connectivity index (χ3v) is 3.30. The first-order valence-electron chi connectivity index (χ1n) is 6.66. The number of methoxy groups -OCH3 is 1. The molecule has 0 radical (unpaired) electrons. The highest BCUT2D eigenvalue weighted by atomic mass is 16.5. The Morgan fingerprint density at radius 3 is 2.48 bits per heavy atom. The van der Waals surface area contributed by atoms with E-state index >= 15 is 0 Å². The van der Waals surface area contributed by atoms with Gasteiger partial charge in [0.15, 0.2) is 0 Å². The molecule has 0 aliphatic heterocycles. The van der Waals surface area contributed by atoms with Crippen molar-refractivity contribution in [3.63, 3.8) is 0 Å². The molecule has 1 aromatic heterocycles. The van der Waals surface area contributed by atoms with Crippen molar-refractivity contribution in [2.45, 2.75) is 26.1 Å². The molecule has 1 heterocycles. The number of aliphatic hydroxyl groups is 2. The van der Waals surface area contributed by atoms with Gasteiger partial charge in [0.05, 0.1) is 26.4 Å². The fourth-order valence-corrected chi connectivity index (χ4v) is 2.15. The van der Waals surface area contributed by atoms with E-state index in [-0.39, 0.29) is 13.2 Å². The van der Waals surface area contributed by atoms with Crippen LogP contribution in [0.2, 0.25) is 0 Å². The maximum absolute atomic E-state index is 11.4. The van der Waals surface area contributed by atoms with Gasteiger partial charge in [-0.15, -0.1) is 0 Å². The summed E-state index contributed by atoms with van der Waals surface area (Å²) in [7, 11) is 1.50. The molecule has 21 heavy (non-hydrogen) atoms. The number of aryl methyl sites for hydroxylation is 2. The summed E-state index contributed by atoms with van der Waals surface area (Å²) in [4.78, 5) is 11.4. The Morgan fingerprint density at radius 2 is 1.81 bits per heavy atom. The normalized spacial score (nSPS) is 10.6. The van der Waals surface area contributed by atoms with Crippen molar-refractivity contribution in [1.82, 2.24) is 0 Å². The summed E-state index contributed by atoms with van der Waals surface area (Å²) >= 11 is 0. The van der Waals surface area contributed by atoms with Crippen molar-refractivity contribution in [2.24, 2.45) is 0 Å². The number of ether oxygens (including phenoxy) is 1. The molecule has 0 bridgehead atoms. The molecule has 0 atom stereocenters. The quantitative estimate of drug-likeness (QED) is 0.841. The van der Waals surface area contributed by atoms with E-state index in [9.17, 15) is 9.90 Å². The molecule has 0 spiro atoms. The molecule has 112 valence electrons. The van der Waals surface area contributed by atoms with Gasteiger partial charge in [-0.05, 0) is 23.1 Å². The van der Waals surface area contributed by atoms with Crippen LogP contribution in [0.1, 0.15) is 22.5 Å². The predicted molar refractivity (Wildman–Crippen MR) is 77.2 cm³/mol. The Bertz CT molecular complexity index is 660. The van der Waals surface area contributed by atoms with Gasteiger partial charge in [-0.2, -0.15) is 0 Å². The standard InChI is InChI=1S/C16H18O5/c1-20-15-7-14(21-16(19)8-15)5-3-11-2-4-12(9-17)13(6-11)10-18/h2,4,6-8,17-18H,3,5,9-10H2,1H3. The van der Waals surface area contributed by atoms with E-state index in [4.69, 9.17) is 14.3 Å². The van der Waals surface area contributed by atoms with Crippen LogP contribution >= 0.6 is 0 Å². The molecule has 0 unspecified atom stereocenters. The zero-order chi connectivity index (χ0) is 15.2. The van der Waals surface area contributed by atoms with Crippen molar-refractivity contribution in [3.8, 4) is 5.75 Å². The lowest BCUT2D eigenvalue weighted by molar-refractivity contribution is 0.260. The molecule has 0 saturated carbocycles. The van der Waals surface area contributed by atoms with Gasteiger partial charge < -0.3 is 19.4 Å². The van der Waals surface area contributed by atoms with Crippen LogP contribution < -0.4 is 10.4 Å².